The number of nitrogens with one attached hydrogen (secondary N) is 1. The first kappa shape index (κ1) is 15.7. The number of carbonyl (C=O) groups excluding carboxylic acids is 1. The van der Waals surface area contributed by atoms with Gasteiger partial charge in [-0.05, 0) is 61.6 Å². The van der Waals surface area contributed by atoms with Gasteiger partial charge < -0.3 is 14.8 Å². The van der Waals surface area contributed by atoms with Crippen LogP contribution in [0.1, 0.15) is 12.2 Å². The number of benzene rings is 1. The Hall–Kier alpha value is -2.82. The number of aryl methyl sites for hydroxylation is 1. The average Bonchev–Trinajstić information content (AvgIpc) is 3.30. The van der Waals surface area contributed by atoms with Gasteiger partial charge in [0.25, 0.3) is 0 Å². The molecule has 0 saturated heterocycles. The maximum Gasteiger partial charge on any atom is 0.307 e. The molecule has 1 amide bonds. The molecule has 2 bridgehead atoms. The zero-order valence-corrected chi connectivity index (χ0v) is 13.8. The molecule has 5 nitrogen and oxygen atoms in total. The molecule has 2 aromatic rings. The van der Waals surface area contributed by atoms with E-state index in [0.717, 1.165) is 23.5 Å². The summed E-state index contributed by atoms with van der Waals surface area (Å²) in [5, 5.41) is 12.3. The minimum Gasteiger partial charge on any atom is -0.481 e. The van der Waals surface area contributed by atoms with Crippen LogP contribution in [0.5, 0.6) is 0 Å². The summed E-state index contributed by atoms with van der Waals surface area (Å²) in [6, 6.07) is 11.2. The highest BCUT2D eigenvalue weighted by atomic mass is 16.4. The Labute approximate surface area is 145 Å². The fourth-order valence-electron chi connectivity index (χ4n) is 4.05. The van der Waals surface area contributed by atoms with Gasteiger partial charge in [0.15, 0.2) is 0 Å². The number of hydrogen-bond acceptors (Lipinski definition) is 3. The lowest BCUT2D eigenvalue weighted by molar-refractivity contribution is -0.146. The molecule has 0 spiro atoms. The van der Waals surface area contributed by atoms with Crippen molar-refractivity contribution in [2.75, 3.05) is 5.32 Å². The van der Waals surface area contributed by atoms with Gasteiger partial charge in [0.2, 0.25) is 5.91 Å². The average molecular weight is 337 g/mol. The van der Waals surface area contributed by atoms with E-state index in [9.17, 15) is 14.7 Å². The number of carbonyl (C=O) groups is 2. The predicted octanol–water partition coefficient (Wildman–Crippen LogP) is 3.72. The Morgan fingerprint density at radius 1 is 1.04 bits per heavy atom. The Balaban J connectivity index is 1.49. The summed E-state index contributed by atoms with van der Waals surface area (Å²) >= 11 is 0. The van der Waals surface area contributed by atoms with Crippen LogP contribution in [0.4, 0.5) is 5.69 Å². The number of carboxylic acid groups (broad SMARTS) is 1. The molecular weight excluding hydrogens is 318 g/mol. The Kier molecular flexibility index (Phi) is 3.71. The van der Waals surface area contributed by atoms with Crippen LogP contribution in [0.25, 0.3) is 11.3 Å². The zero-order valence-electron chi connectivity index (χ0n) is 13.8. The van der Waals surface area contributed by atoms with Crippen molar-refractivity contribution in [2.45, 2.75) is 13.3 Å². The molecule has 25 heavy (non-hydrogen) atoms. The van der Waals surface area contributed by atoms with E-state index in [0.29, 0.717) is 5.69 Å². The Bertz CT molecular complexity index is 849. The quantitative estimate of drug-likeness (QED) is 0.834. The van der Waals surface area contributed by atoms with Crippen LogP contribution in [0.2, 0.25) is 0 Å². The van der Waals surface area contributed by atoms with Crippen molar-refractivity contribution in [3.05, 3.63) is 54.3 Å². The SMILES string of the molecule is Cc1ccc(-c2ccc(NC(=O)[C@H]3[C@@H](C(=O)O)[C@@H]4C=C[C@@H]3C4)cc2)o1. The summed E-state index contributed by atoms with van der Waals surface area (Å²) in [7, 11) is 0. The van der Waals surface area contributed by atoms with E-state index < -0.39 is 17.8 Å². The molecule has 1 saturated carbocycles. The van der Waals surface area contributed by atoms with Crippen molar-refractivity contribution in [3.8, 4) is 11.3 Å². The number of fused-ring (bicyclic) bond motifs is 2. The van der Waals surface area contributed by atoms with Crippen LogP contribution in [-0.4, -0.2) is 17.0 Å². The summed E-state index contributed by atoms with van der Waals surface area (Å²) in [6.45, 7) is 1.89. The molecule has 0 radical (unpaired) electrons. The van der Waals surface area contributed by atoms with E-state index in [-0.39, 0.29) is 17.7 Å². The molecule has 128 valence electrons. The van der Waals surface area contributed by atoms with Gasteiger partial charge >= 0.3 is 5.97 Å². The van der Waals surface area contributed by atoms with Crippen LogP contribution in [0.15, 0.2) is 53.0 Å². The van der Waals surface area contributed by atoms with E-state index >= 15 is 0 Å². The second kappa shape index (κ2) is 5.92. The maximum absolute atomic E-state index is 12.7. The maximum atomic E-state index is 12.7. The van der Waals surface area contributed by atoms with E-state index in [1.165, 1.54) is 0 Å². The van der Waals surface area contributed by atoms with Crippen molar-refractivity contribution >= 4 is 17.6 Å². The van der Waals surface area contributed by atoms with E-state index in [1.54, 1.807) is 0 Å². The molecule has 4 rings (SSSR count). The lowest BCUT2D eigenvalue weighted by atomic mass is 9.82. The summed E-state index contributed by atoms with van der Waals surface area (Å²) in [6.07, 6.45) is 4.68. The molecule has 5 heteroatoms. The van der Waals surface area contributed by atoms with Gasteiger partial charge in [-0.2, -0.15) is 0 Å². The van der Waals surface area contributed by atoms with Crippen LogP contribution >= 0.6 is 0 Å². The number of carboxylic acids is 1. The van der Waals surface area contributed by atoms with Crippen molar-refractivity contribution < 1.29 is 19.1 Å². The highest BCUT2D eigenvalue weighted by Crippen LogP contribution is 2.48. The summed E-state index contributed by atoms with van der Waals surface area (Å²) in [4.78, 5) is 24.2. The van der Waals surface area contributed by atoms with Crippen LogP contribution in [-0.2, 0) is 9.59 Å². The minimum absolute atomic E-state index is 0.0245. The normalized spacial score (nSPS) is 26.8. The molecule has 2 aliphatic carbocycles. The second-order valence-electron chi connectivity index (χ2n) is 6.82. The Morgan fingerprint density at radius 2 is 1.72 bits per heavy atom. The molecule has 2 aliphatic rings. The fraction of sp³-hybridized carbons (Fsp3) is 0.300. The molecule has 4 atom stereocenters. The van der Waals surface area contributed by atoms with Crippen molar-refractivity contribution in [3.63, 3.8) is 0 Å². The fourth-order valence-corrected chi connectivity index (χ4v) is 4.05. The Morgan fingerprint density at radius 3 is 2.32 bits per heavy atom. The van der Waals surface area contributed by atoms with Crippen molar-refractivity contribution in [1.29, 1.82) is 0 Å². The third kappa shape index (κ3) is 2.76. The lowest BCUT2D eigenvalue weighted by Gasteiger charge is -2.23. The minimum atomic E-state index is -0.888. The van der Waals surface area contributed by atoms with Gasteiger partial charge in [0.05, 0.1) is 11.8 Å². The highest BCUT2D eigenvalue weighted by molar-refractivity contribution is 5.96. The van der Waals surface area contributed by atoms with Crippen LogP contribution in [0.3, 0.4) is 0 Å². The molecule has 2 N–H and O–H groups in total. The zero-order chi connectivity index (χ0) is 17.6. The van der Waals surface area contributed by atoms with Crippen LogP contribution in [0, 0.1) is 30.6 Å². The second-order valence-corrected chi connectivity index (χ2v) is 6.82. The third-order valence-corrected chi connectivity index (χ3v) is 5.22. The first-order valence-corrected chi connectivity index (χ1v) is 8.42. The van der Waals surface area contributed by atoms with Crippen LogP contribution < -0.4 is 5.32 Å². The summed E-state index contributed by atoms with van der Waals surface area (Å²) < 4.78 is 5.59. The predicted molar refractivity (Wildman–Crippen MR) is 92.9 cm³/mol. The van der Waals surface area contributed by atoms with Crippen molar-refractivity contribution in [1.82, 2.24) is 0 Å². The number of furan rings is 1. The number of hydrogen-bond donors (Lipinski definition) is 2. The van der Waals surface area contributed by atoms with E-state index in [2.05, 4.69) is 5.32 Å². The van der Waals surface area contributed by atoms with Gasteiger partial charge in [-0.1, -0.05) is 12.2 Å². The molecule has 0 aliphatic heterocycles. The summed E-state index contributed by atoms with van der Waals surface area (Å²) in [5.41, 5.74) is 1.59. The number of amides is 1. The number of anilines is 1. The topological polar surface area (TPSA) is 79.5 Å². The first-order valence-electron chi connectivity index (χ1n) is 8.42. The van der Waals surface area contributed by atoms with Gasteiger partial charge in [-0.25, -0.2) is 0 Å². The van der Waals surface area contributed by atoms with Gasteiger partial charge in [-0.3, -0.25) is 9.59 Å². The highest BCUT2D eigenvalue weighted by Gasteiger charge is 2.51. The molecule has 1 fully saturated rings. The number of aliphatic carboxylic acids is 1. The third-order valence-electron chi connectivity index (χ3n) is 5.22. The standard InChI is InChI=1S/C20H19NO4/c1-11-2-9-16(25-11)12-5-7-15(8-6-12)21-19(22)17-13-3-4-14(10-13)18(17)20(23)24/h2-9,13-14,17-18H,10H2,1H3,(H,21,22)(H,23,24)/t13-,14-,17-,18+/m1/s1. The number of allylic oxidation sites excluding steroid dienone is 2. The summed E-state index contributed by atoms with van der Waals surface area (Å²) in [5.74, 6) is -0.609. The molecular formula is C20H19NO4. The lowest BCUT2D eigenvalue weighted by Crippen LogP contribution is -2.36. The molecule has 1 heterocycles. The van der Waals surface area contributed by atoms with E-state index in [4.69, 9.17) is 4.42 Å². The molecule has 1 aromatic carbocycles. The van der Waals surface area contributed by atoms with Gasteiger partial charge in [0.1, 0.15) is 11.5 Å². The smallest absolute Gasteiger partial charge is 0.307 e. The van der Waals surface area contributed by atoms with E-state index in [1.807, 2.05) is 55.5 Å². The van der Waals surface area contributed by atoms with Crippen molar-refractivity contribution in [2.24, 2.45) is 23.7 Å². The molecule has 0 unspecified atom stereocenters. The van der Waals surface area contributed by atoms with Gasteiger partial charge in [0, 0.05) is 11.3 Å². The number of rotatable bonds is 4. The first-order chi connectivity index (χ1) is 12.0. The largest absolute Gasteiger partial charge is 0.481 e. The molecule has 1 aromatic heterocycles. The van der Waals surface area contributed by atoms with Gasteiger partial charge in [-0.15, -0.1) is 0 Å². The monoisotopic (exact) mass is 337 g/mol.